The Kier molecular flexibility index (Phi) is 4.49. The van der Waals surface area contributed by atoms with Crippen LogP contribution in [0.25, 0.3) is 11.0 Å². The predicted molar refractivity (Wildman–Crippen MR) is 95.5 cm³/mol. The number of benzene rings is 2. The summed E-state index contributed by atoms with van der Waals surface area (Å²) in [4.78, 5) is 8.89. The first kappa shape index (κ1) is 16.4. The summed E-state index contributed by atoms with van der Waals surface area (Å²) in [5.74, 6) is 0. The number of sulfonamides is 1. The second kappa shape index (κ2) is 6.57. The lowest BCUT2D eigenvalue weighted by Gasteiger charge is -2.09. The summed E-state index contributed by atoms with van der Waals surface area (Å²) in [5, 5.41) is 0. The molecule has 1 aromatic heterocycles. The van der Waals surface area contributed by atoms with Crippen molar-refractivity contribution in [2.75, 3.05) is 4.72 Å². The van der Waals surface area contributed by atoms with Crippen molar-refractivity contribution in [1.29, 1.82) is 0 Å². The van der Waals surface area contributed by atoms with Crippen molar-refractivity contribution in [1.82, 2.24) is 9.97 Å². The summed E-state index contributed by atoms with van der Waals surface area (Å²) in [6, 6.07) is 12.1. The van der Waals surface area contributed by atoms with Crippen LogP contribution in [0.4, 0.5) is 5.69 Å². The molecule has 6 heteroatoms. The molecule has 0 saturated carbocycles. The smallest absolute Gasteiger partial charge is 0.261 e. The molecule has 124 valence electrons. The number of hydrogen-bond donors (Lipinski definition) is 1. The van der Waals surface area contributed by atoms with E-state index in [2.05, 4.69) is 21.6 Å². The lowest BCUT2D eigenvalue weighted by Crippen LogP contribution is -2.13. The van der Waals surface area contributed by atoms with E-state index in [4.69, 9.17) is 0 Å². The SMILES string of the molecule is CCCc1ccc(S(=O)(=O)Nc2ccc3nc(C)cnc3c2)cc1. The van der Waals surface area contributed by atoms with Gasteiger partial charge in [-0.15, -0.1) is 0 Å². The minimum atomic E-state index is -3.62. The highest BCUT2D eigenvalue weighted by Crippen LogP contribution is 2.20. The Hall–Kier alpha value is -2.47. The van der Waals surface area contributed by atoms with Gasteiger partial charge in [0.15, 0.2) is 0 Å². The molecular weight excluding hydrogens is 322 g/mol. The molecule has 0 atom stereocenters. The largest absolute Gasteiger partial charge is 0.280 e. The van der Waals surface area contributed by atoms with Crippen LogP contribution in [0.1, 0.15) is 24.6 Å². The van der Waals surface area contributed by atoms with E-state index in [0.717, 1.165) is 29.6 Å². The van der Waals surface area contributed by atoms with Gasteiger partial charge in [0.25, 0.3) is 10.0 Å². The zero-order chi connectivity index (χ0) is 17.2. The Labute approximate surface area is 141 Å². The van der Waals surface area contributed by atoms with Gasteiger partial charge in [-0.05, 0) is 49.2 Å². The van der Waals surface area contributed by atoms with E-state index in [1.54, 1.807) is 36.5 Å². The summed E-state index contributed by atoms with van der Waals surface area (Å²) in [6.45, 7) is 3.96. The summed E-state index contributed by atoms with van der Waals surface area (Å²) in [5.41, 5.74) is 3.81. The average molecular weight is 341 g/mol. The second-order valence-electron chi connectivity index (χ2n) is 5.71. The molecule has 3 aromatic rings. The first-order chi connectivity index (χ1) is 11.5. The van der Waals surface area contributed by atoms with Crippen molar-refractivity contribution in [2.45, 2.75) is 31.6 Å². The van der Waals surface area contributed by atoms with Crippen molar-refractivity contribution in [3.63, 3.8) is 0 Å². The number of nitrogens with zero attached hydrogens (tertiary/aromatic N) is 2. The van der Waals surface area contributed by atoms with Crippen LogP contribution < -0.4 is 4.72 Å². The van der Waals surface area contributed by atoms with Gasteiger partial charge in [-0.25, -0.2) is 13.4 Å². The third kappa shape index (κ3) is 3.54. The van der Waals surface area contributed by atoms with Crippen molar-refractivity contribution in [3.8, 4) is 0 Å². The van der Waals surface area contributed by atoms with E-state index >= 15 is 0 Å². The van der Waals surface area contributed by atoms with Gasteiger partial charge in [0.2, 0.25) is 0 Å². The van der Waals surface area contributed by atoms with Gasteiger partial charge in [0.05, 0.1) is 27.3 Å². The molecule has 0 saturated heterocycles. The van der Waals surface area contributed by atoms with Crippen LogP contribution in [0.2, 0.25) is 0 Å². The maximum Gasteiger partial charge on any atom is 0.261 e. The van der Waals surface area contributed by atoms with E-state index in [1.807, 2.05) is 19.1 Å². The number of aryl methyl sites for hydroxylation is 2. The van der Waals surface area contributed by atoms with E-state index in [1.165, 1.54) is 0 Å². The second-order valence-corrected chi connectivity index (χ2v) is 7.40. The van der Waals surface area contributed by atoms with Crippen molar-refractivity contribution >= 4 is 26.7 Å². The van der Waals surface area contributed by atoms with Gasteiger partial charge < -0.3 is 0 Å². The molecule has 2 aromatic carbocycles. The van der Waals surface area contributed by atoms with Crippen molar-refractivity contribution < 1.29 is 8.42 Å². The van der Waals surface area contributed by atoms with Crippen LogP contribution in [0.3, 0.4) is 0 Å². The number of anilines is 1. The normalized spacial score (nSPS) is 11.6. The first-order valence-electron chi connectivity index (χ1n) is 7.83. The zero-order valence-corrected chi connectivity index (χ0v) is 14.5. The molecule has 0 aliphatic rings. The molecule has 3 rings (SSSR count). The molecule has 5 nitrogen and oxygen atoms in total. The van der Waals surface area contributed by atoms with E-state index in [9.17, 15) is 8.42 Å². The molecule has 24 heavy (non-hydrogen) atoms. The number of aromatic nitrogens is 2. The van der Waals surface area contributed by atoms with Crippen LogP contribution in [0, 0.1) is 6.92 Å². The van der Waals surface area contributed by atoms with Crippen LogP contribution in [0.5, 0.6) is 0 Å². The molecule has 0 unspecified atom stereocenters. The van der Waals surface area contributed by atoms with E-state index in [-0.39, 0.29) is 4.90 Å². The lowest BCUT2D eigenvalue weighted by molar-refractivity contribution is 0.601. The molecule has 1 heterocycles. The molecule has 0 spiro atoms. The monoisotopic (exact) mass is 341 g/mol. The lowest BCUT2D eigenvalue weighted by atomic mass is 10.1. The molecule has 0 aliphatic heterocycles. The fourth-order valence-electron chi connectivity index (χ4n) is 2.50. The minimum Gasteiger partial charge on any atom is -0.280 e. The van der Waals surface area contributed by atoms with Crippen LogP contribution >= 0.6 is 0 Å². The van der Waals surface area contributed by atoms with Gasteiger partial charge in [-0.3, -0.25) is 9.71 Å². The quantitative estimate of drug-likeness (QED) is 0.768. The molecule has 0 bridgehead atoms. The molecule has 0 radical (unpaired) electrons. The van der Waals surface area contributed by atoms with Crippen LogP contribution in [0.15, 0.2) is 53.6 Å². The Morgan fingerprint density at radius 3 is 2.50 bits per heavy atom. The zero-order valence-electron chi connectivity index (χ0n) is 13.7. The van der Waals surface area contributed by atoms with Crippen LogP contribution in [-0.2, 0) is 16.4 Å². The Balaban J connectivity index is 1.87. The number of nitrogens with one attached hydrogen (secondary N) is 1. The third-order valence-electron chi connectivity index (χ3n) is 3.69. The van der Waals surface area contributed by atoms with Gasteiger partial charge in [-0.1, -0.05) is 25.5 Å². The molecular formula is C18H19N3O2S. The van der Waals surface area contributed by atoms with E-state index in [0.29, 0.717) is 11.2 Å². The molecule has 0 amide bonds. The Bertz CT molecular complexity index is 967. The molecule has 1 N–H and O–H groups in total. The Morgan fingerprint density at radius 2 is 1.79 bits per heavy atom. The third-order valence-corrected chi connectivity index (χ3v) is 5.08. The number of fused-ring (bicyclic) bond motifs is 1. The highest BCUT2D eigenvalue weighted by molar-refractivity contribution is 7.92. The maximum absolute atomic E-state index is 12.5. The number of hydrogen-bond acceptors (Lipinski definition) is 4. The Morgan fingerprint density at radius 1 is 1.04 bits per heavy atom. The highest BCUT2D eigenvalue weighted by Gasteiger charge is 2.14. The van der Waals surface area contributed by atoms with Crippen molar-refractivity contribution in [3.05, 3.63) is 59.9 Å². The molecule has 0 aliphatic carbocycles. The van der Waals surface area contributed by atoms with Gasteiger partial charge >= 0.3 is 0 Å². The summed E-state index contributed by atoms with van der Waals surface area (Å²) < 4.78 is 27.6. The minimum absolute atomic E-state index is 0.248. The summed E-state index contributed by atoms with van der Waals surface area (Å²) >= 11 is 0. The van der Waals surface area contributed by atoms with Gasteiger partial charge in [0, 0.05) is 6.20 Å². The van der Waals surface area contributed by atoms with Gasteiger partial charge in [-0.2, -0.15) is 0 Å². The molecule has 0 fully saturated rings. The number of rotatable bonds is 5. The average Bonchev–Trinajstić information content (AvgIpc) is 2.55. The maximum atomic E-state index is 12.5. The van der Waals surface area contributed by atoms with E-state index < -0.39 is 10.0 Å². The standard InChI is InChI=1S/C18H19N3O2S/c1-3-4-14-5-8-16(9-6-14)24(22,23)21-15-7-10-17-18(11-15)19-12-13(2)20-17/h5-12,21H,3-4H2,1-2H3. The fraction of sp³-hybridized carbons (Fsp3) is 0.222. The van der Waals surface area contributed by atoms with Gasteiger partial charge in [0.1, 0.15) is 0 Å². The van der Waals surface area contributed by atoms with Crippen molar-refractivity contribution in [2.24, 2.45) is 0 Å². The predicted octanol–water partition coefficient (Wildman–Crippen LogP) is 3.69. The summed E-state index contributed by atoms with van der Waals surface area (Å²) in [7, 11) is -3.62. The highest BCUT2D eigenvalue weighted by atomic mass is 32.2. The van der Waals surface area contributed by atoms with Crippen LogP contribution in [-0.4, -0.2) is 18.4 Å². The summed E-state index contributed by atoms with van der Waals surface area (Å²) in [6.07, 6.45) is 3.63. The first-order valence-corrected chi connectivity index (χ1v) is 9.31. The fourth-order valence-corrected chi connectivity index (χ4v) is 3.55. The topological polar surface area (TPSA) is 72.0 Å².